The molecular weight excluding hydrogens is 214 g/mol. The first-order valence-corrected chi connectivity index (χ1v) is 2.70. The summed E-state index contributed by atoms with van der Waals surface area (Å²) in [5.74, 6) is 0.273. The van der Waals surface area contributed by atoms with E-state index in [-0.39, 0.29) is 109 Å². The summed E-state index contributed by atoms with van der Waals surface area (Å²) in [6.45, 7) is 0. The van der Waals surface area contributed by atoms with Crippen LogP contribution in [0.4, 0.5) is 4.79 Å². The Labute approximate surface area is 156 Å². The quantitative estimate of drug-likeness (QED) is 0.380. The summed E-state index contributed by atoms with van der Waals surface area (Å²) in [5, 5.41) is 16.7. The van der Waals surface area contributed by atoms with Gasteiger partial charge in [-0.25, -0.2) is 0 Å². The van der Waals surface area contributed by atoms with Gasteiger partial charge in [0.05, 0.1) is 0 Å². The summed E-state index contributed by atoms with van der Waals surface area (Å²) in [6, 6.07) is 0. The average Bonchev–Trinajstić information content (AvgIpc) is 2.15. The predicted octanol–water partition coefficient (Wildman–Crippen LogP) is -7.53. The number of carbonyl (C=O) groups is 2. The maximum Gasteiger partial charge on any atom is 1.00 e. The zero-order valence-electron chi connectivity index (χ0n) is 7.20. The molecule has 0 unspecified atom stereocenters. The van der Waals surface area contributed by atoms with Gasteiger partial charge in [0.25, 0.3) is 0 Å². The van der Waals surface area contributed by atoms with Crippen LogP contribution in [0.1, 0.15) is 12.8 Å². The Balaban J connectivity index is -0.000000124. The van der Waals surface area contributed by atoms with Crippen molar-refractivity contribution in [1.29, 1.82) is 0 Å². The summed E-state index contributed by atoms with van der Waals surface area (Å²) in [4.78, 5) is 18.5. The molecule has 6 heteroatoms. The van der Waals surface area contributed by atoms with Crippen molar-refractivity contribution in [2.45, 2.75) is 12.8 Å². The molecule has 0 spiro atoms. The Bertz CT molecular complexity index is 163. The van der Waals surface area contributed by atoms with E-state index >= 15 is 0 Å². The minimum Gasteiger partial charge on any atom is -0.652 e. The van der Waals surface area contributed by atoms with Crippen LogP contribution in [-0.4, -0.2) is 11.9 Å². The standard InChI is InChI=1S/C5H6O.CH2O3.2K/c6-5-3-1-2-4-5;2-1(3)4;;/h1,3H,2,4H2;(H2,2,3,4);;/q;;2*+1/p-2. The zero-order valence-corrected chi connectivity index (χ0v) is 13.4. The van der Waals surface area contributed by atoms with E-state index in [9.17, 15) is 4.79 Å². The molecule has 0 saturated carbocycles. The third-order valence-electron chi connectivity index (χ3n) is 0.861. The molecule has 0 aromatic carbocycles. The summed E-state index contributed by atoms with van der Waals surface area (Å²) in [5.41, 5.74) is 0. The van der Waals surface area contributed by atoms with Crippen LogP contribution >= 0.6 is 0 Å². The van der Waals surface area contributed by atoms with E-state index in [1.54, 1.807) is 6.08 Å². The van der Waals surface area contributed by atoms with Crippen LogP contribution < -0.4 is 113 Å². The van der Waals surface area contributed by atoms with E-state index in [1.807, 2.05) is 6.08 Å². The van der Waals surface area contributed by atoms with Crippen molar-refractivity contribution in [3.05, 3.63) is 12.2 Å². The first-order chi connectivity index (χ1) is 4.63. The molecule has 0 saturated heterocycles. The van der Waals surface area contributed by atoms with Crippen LogP contribution in [0, 0.1) is 0 Å². The van der Waals surface area contributed by atoms with Crippen molar-refractivity contribution in [2.75, 3.05) is 0 Å². The van der Waals surface area contributed by atoms with Crippen LogP contribution in [0.15, 0.2) is 12.2 Å². The summed E-state index contributed by atoms with van der Waals surface area (Å²) in [7, 11) is 0. The largest absolute Gasteiger partial charge is 1.00 e. The van der Waals surface area contributed by atoms with Gasteiger partial charge in [0.1, 0.15) is 0 Å². The van der Waals surface area contributed by atoms with Gasteiger partial charge >= 0.3 is 103 Å². The van der Waals surface area contributed by atoms with Gasteiger partial charge in [0.2, 0.25) is 0 Å². The first kappa shape index (κ1) is 19.5. The van der Waals surface area contributed by atoms with Crippen molar-refractivity contribution in [2.24, 2.45) is 0 Å². The van der Waals surface area contributed by atoms with Crippen molar-refractivity contribution >= 4 is 11.9 Å². The molecule has 0 amide bonds. The number of carbonyl (C=O) groups excluding carboxylic acids is 2. The van der Waals surface area contributed by atoms with Gasteiger partial charge in [0, 0.05) is 6.42 Å². The Morgan fingerprint density at radius 3 is 1.83 bits per heavy atom. The first-order valence-electron chi connectivity index (χ1n) is 2.70. The topological polar surface area (TPSA) is 80.3 Å². The third-order valence-corrected chi connectivity index (χ3v) is 0.861. The van der Waals surface area contributed by atoms with Crippen LogP contribution in [0.3, 0.4) is 0 Å². The third kappa shape index (κ3) is 17.9. The molecule has 56 valence electrons. The van der Waals surface area contributed by atoms with Crippen molar-refractivity contribution in [3.8, 4) is 0 Å². The van der Waals surface area contributed by atoms with Gasteiger partial charge in [-0.2, -0.15) is 0 Å². The molecule has 1 aliphatic rings. The van der Waals surface area contributed by atoms with Crippen molar-refractivity contribution in [1.82, 2.24) is 0 Å². The number of carboxylic acid groups (broad SMARTS) is 2. The van der Waals surface area contributed by atoms with E-state index in [1.165, 1.54) is 0 Å². The van der Waals surface area contributed by atoms with Gasteiger partial charge in [-0.15, -0.1) is 0 Å². The summed E-state index contributed by atoms with van der Waals surface area (Å²) in [6.07, 6.45) is 2.90. The number of hydrogen-bond donors (Lipinski definition) is 0. The van der Waals surface area contributed by atoms with E-state index in [0.29, 0.717) is 0 Å². The number of ketones is 1. The Morgan fingerprint density at radius 1 is 1.33 bits per heavy atom. The second-order valence-electron chi connectivity index (χ2n) is 1.66. The van der Waals surface area contributed by atoms with E-state index < -0.39 is 6.16 Å². The molecule has 0 aromatic rings. The Kier molecular flexibility index (Phi) is 21.1. The van der Waals surface area contributed by atoms with E-state index in [4.69, 9.17) is 15.0 Å². The summed E-state index contributed by atoms with van der Waals surface area (Å²) >= 11 is 0. The zero-order chi connectivity index (χ0) is 7.98. The second kappa shape index (κ2) is 13.0. The molecule has 0 heterocycles. The number of rotatable bonds is 0. The minimum atomic E-state index is -2.33. The molecule has 0 bridgehead atoms. The maximum absolute atomic E-state index is 10.2. The summed E-state index contributed by atoms with van der Waals surface area (Å²) < 4.78 is 0. The molecule has 0 aliphatic heterocycles. The van der Waals surface area contributed by atoms with Gasteiger partial charge in [-0.3, -0.25) is 4.79 Å². The predicted molar refractivity (Wildman–Crippen MR) is 28.8 cm³/mol. The Morgan fingerprint density at radius 2 is 1.75 bits per heavy atom. The van der Waals surface area contributed by atoms with Gasteiger partial charge in [-0.1, -0.05) is 6.08 Å². The van der Waals surface area contributed by atoms with E-state index in [0.717, 1.165) is 12.8 Å². The molecule has 4 nitrogen and oxygen atoms in total. The van der Waals surface area contributed by atoms with Gasteiger partial charge < -0.3 is 15.0 Å². The number of allylic oxidation sites excluding steroid dienone is 2. The molecular formula is C6H6K2O4. The van der Waals surface area contributed by atoms with Crippen molar-refractivity contribution < 1.29 is 123 Å². The molecule has 0 atom stereocenters. The SMILES string of the molecule is O=C([O-])[O-].O=C1C=CCC1.[K+].[K+]. The normalized spacial score (nSPS) is 11.8. The molecule has 12 heavy (non-hydrogen) atoms. The van der Waals surface area contributed by atoms with Crippen LogP contribution in [0.25, 0.3) is 0 Å². The molecule has 1 rings (SSSR count). The maximum atomic E-state index is 10.2. The molecule has 0 N–H and O–H groups in total. The number of hydrogen-bond acceptors (Lipinski definition) is 4. The van der Waals surface area contributed by atoms with Crippen LogP contribution in [0.2, 0.25) is 0 Å². The monoisotopic (exact) mass is 220 g/mol. The van der Waals surface area contributed by atoms with Gasteiger partial charge in [0.15, 0.2) is 5.78 Å². The molecule has 0 fully saturated rings. The smallest absolute Gasteiger partial charge is 0.652 e. The Hall–Kier alpha value is 1.95. The van der Waals surface area contributed by atoms with Crippen LogP contribution in [0.5, 0.6) is 0 Å². The minimum absolute atomic E-state index is 0. The second-order valence-corrected chi connectivity index (χ2v) is 1.66. The average molecular weight is 220 g/mol. The fourth-order valence-corrected chi connectivity index (χ4v) is 0.524. The van der Waals surface area contributed by atoms with Crippen LogP contribution in [-0.2, 0) is 4.79 Å². The van der Waals surface area contributed by atoms with E-state index in [2.05, 4.69) is 0 Å². The fourth-order valence-electron chi connectivity index (χ4n) is 0.524. The fraction of sp³-hybridized carbons (Fsp3) is 0.333. The van der Waals surface area contributed by atoms with Crippen molar-refractivity contribution in [3.63, 3.8) is 0 Å². The molecule has 0 aromatic heterocycles. The van der Waals surface area contributed by atoms with Gasteiger partial charge in [-0.05, 0) is 18.7 Å². The molecule has 0 radical (unpaired) electrons. The molecule has 1 aliphatic carbocycles.